The molecule has 0 aliphatic carbocycles. The maximum atomic E-state index is 11.3. The number of hydrogen-bond acceptors (Lipinski definition) is 4. The molecule has 0 radical (unpaired) electrons. The van der Waals surface area contributed by atoms with Crippen LogP contribution in [0.2, 0.25) is 0 Å². The molecule has 0 aromatic heterocycles. The van der Waals surface area contributed by atoms with E-state index in [0.717, 1.165) is 22.9 Å². The minimum atomic E-state index is -0.371. The molecule has 1 aliphatic rings. The van der Waals surface area contributed by atoms with Crippen LogP contribution in [0.15, 0.2) is 29.2 Å². The summed E-state index contributed by atoms with van der Waals surface area (Å²) in [7, 11) is 0. The molecule has 16 heavy (non-hydrogen) atoms. The minimum absolute atomic E-state index is 0.0463. The molecule has 1 aromatic rings. The van der Waals surface area contributed by atoms with E-state index < -0.39 is 0 Å². The van der Waals surface area contributed by atoms with Crippen molar-refractivity contribution in [2.75, 3.05) is 0 Å². The van der Waals surface area contributed by atoms with Crippen molar-refractivity contribution in [2.45, 2.75) is 6.61 Å². The molecule has 1 heterocycles. The first-order valence-electron chi connectivity index (χ1n) is 4.63. The topological polar surface area (TPSA) is 66.4 Å². The Hall–Kier alpha value is -1.59. The van der Waals surface area contributed by atoms with E-state index in [1.54, 1.807) is 24.3 Å². The number of rotatable bonds is 2. The van der Waals surface area contributed by atoms with E-state index in [1.165, 1.54) is 0 Å². The van der Waals surface area contributed by atoms with Crippen molar-refractivity contribution in [3.05, 3.63) is 40.3 Å². The van der Waals surface area contributed by atoms with Crippen molar-refractivity contribution in [2.24, 2.45) is 0 Å². The highest BCUT2D eigenvalue weighted by Crippen LogP contribution is 2.25. The van der Waals surface area contributed by atoms with Crippen molar-refractivity contribution in [1.29, 1.82) is 0 Å². The first-order valence-corrected chi connectivity index (χ1v) is 5.45. The summed E-state index contributed by atoms with van der Waals surface area (Å²) in [5.41, 5.74) is 1.56. The molecule has 1 saturated heterocycles. The third kappa shape index (κ3) is 2.32. The maximum absolute atomic E-state index is 11.3. The van der Waals surface area contributed by atoms with Gasteiger partial charge >= 0.3 is 0 Å². The zero-order chi connectivity index (χ0) is 11.5. The number of nitrogens with one attached hydrogen (secondary N) is 1. The highest BCUT2D eigenvalue weighted by molar-refractivity contribution is 8.18. The van der Waals surface area contributed by atoms with Gasteiger partial charge in [0.05, 0.1) is 11.5 Å². The monoisotopic (exact) mass is 235 g/mol. The predicted molar refractivity (Wildman–Crippen MR) is 61.5 cm³/mol. The van der Waals surface area contributed by atoms with Crippen LogP contribution in [0.25, 0.3) is 6.08 Å². The Morgan fingerprint density at radius 3 is 2.81 bits per heavy atom. The predicted octanol–water partition coefficient (Wildman–Crippen LogP) is 1.50. The molecule has 0 atom stereocenters. The quantitative estimate of drug-likeness (QED) is 0.762. The number of imide groups is 1. The summed E-state index contributed by atoms with van der Waals surface area (Å²) in [6.45, 7) is -0.0463. The smallest absolute Gasteiger partial charge is 0.290 e. The summed E-state index contributed by atoms with van der Waals surface area (Å²) >= 11 is 0.881. The van der Waals surface area contributed by atoms with Crippen LogP contribution >= 0.6 is 11.8 Å². The van der Waals surface area contributed by atoms with Gasteiger partial charge in [-0.25, -0.2) is 0 Å². The molecule has 1 fully saturated rings. The lowest BCUT2D eigenvalue weighted by Crippen LogP contribution is -2.17. The van der Waals surface area contributed by atoms with Gasteiger partial charge in [0.15, 0.2) is 0 Å². The van der Waals surface area contributed by atoms with Crippen LogP contribution in [0.1, 0.15) is 11.1 Å². The number of amides is 2. The Kier molecular flexibility index (Phi) is 3.07. The van der Waals surface area contributed by atoms with Gasteiger partial charge in [-0.3, -0.25) is 14.9 Å². The Bertz CT molecular complexity index is 482. The first-order chi connectivity index (χ1) is 7.69. The lowest BCUT2D eigenvalue weighted by molar-refractivity contribution is -0.115. The highest BCUT2D eigenvalue weighted by Gasteiger charge is 2.24. The Balaban J connectivity index is 2.28. The van der Waals surface area contributed by atoms with Crippen molar-refractivity contribution in [3.63, 3.8) is 0 Å². The Morgan fingerprint density at radius 1 is 1.38 bits per heavy atom. The van der Waals surface area contributed by atoms with Crippen LogP contribution in [0, 0.1) is 0 Å². The van der Waals surface area contributed by atoms with Gasteiger partial charge in [0.1, 0.15) is 0 Å². The van der Waals surface area contributed by atoms with Gasteiger partial charge in [0, 0.05) is 0 Å². The van der Waals surface area contributed by atoms with Crippen LogP contribution in [-0.4, -0.2) is 16.3 Å². The van der Waals surface area contributed by atoms with Crippen LogP contribution in [0.4, 0.5) is 4.79 Å². The fraction of sp³-hybridized carbons (Fsp3) is 0.0909. The average molecular weight is 235 g/mol. The number of aliphatic hydroxyl groups is 1. The van der Waals surface area contributed by atoms with Crippen molar-refractivity contribution in [3.8, 4) is 0 Å². The van der Waals surface area contributed by atoms with E-state index in [9.17, 15) is 9.59 Å². The van der Waals surface area contributed by atoms with E-state index >= 15 is 0 Å². The molecule has 2 rings (SSSR count). The molecule has 82 valence electrons. The lowest BCUT2D eigenvalue weighted by atomic mass is 10.1. The summed E-state index contributed by atoms with van der Waals surface area (Å²) < 4.78 is 0. The molecular weight excluding hydrogens is 226 g/mol. The summed E-state index contributed by atoms with van der Waals surface area (Å²) in [6, 6.07) is 7.15. The van der Waals surface area contributed by atoms with E-state index in [0.29, 0.717) is 4.91 Å². The number of carbonyl (C=O) groups excluding carboxylic acids is 2. The number of benzene rings is 1. The third-order valence-electron chi connectivity index (χ3n) is 2.07. The molecule has 2 amide bonds. The summed E-state index contributed by atoms with van der Waals surface area (Å²) in [6.07, 6.45) is 1.63. The third-order valence-corrected chi connectivity index (χ3v) is 2.88. The van der Waals surface area contributed by atoms with Gasteiger partial charge in [0.2, 0.25) is 0 Å². The maximum Gasteiger partial charge on any atom is 0.290 e. The van der Waals surface area contributed by atoms with Crippen LogP contribution in [0.5, 0.6) is 0 Å². The zero-order valence-corrected chi connectivity index (χ0v) is 9.08. The fourth-order valence-corrected chi connectivity index (χ4v) is 2.04. The van der Waals surface area contributed by atoms with Gasteiger partial charge in [-0.15, -0.1) is 0 Å². The number of carbonyl (C=O) groups is 2. The molecule has 4 nitrogen and oxygen atoms in total. The summed E-state index contributed by atoms with van der Waals surface area (Å²) in [5, 5.41) is 10.8. The molecule has 5 heteroatoms. The molecule has 0 spiro atoms. The number of aliphatic hydroxyl groups excluding tert-OH is 1. The summed E-state index contributed by atoms with van der Waals surface area (Å²) in [5.74, 6) is -0.371. The molecule has 0 saturated carbocycles. The molecule has 0 bridgehead atoms. The van der Waals surface area contributed by atoms with Crippen LogP contribution in [0.3, 0.4) is 0 Å². The van der Waals surface area contributed by atoms with Gasteiger partial charge in [-0.1, -0.05) is 18.2 Å². The van der Waals surface area contributed by atoms with Crippen molar-refractivity contribution >= 4 is 29.0 Å². The van der Waals surface area contributed by atoms with E-state index in [1.807, 2.05) is 6.07 Å². The van der Waals surface area contributed by atoms with Crippen molar-refractivity contribution < 1.29 is 14.7 Å². The number of hydrogen-bond donors (Lipinski definition) is 2. The second kappa shape index (κ2) is 4.51. The van der Waals surface area contributed by atoms with E-state index in [-0.39, 0.29) is 17.8 Å². The molecule has 0 unspecified atom stereocenters. The normalized spacial score (nSPS) is 17.9. The molecule has 1 aliphatic heterocycles. The van der Waals surface area contributed by atoms with Crippen LogP contribution in [-0.2, 0) is 11.4 Å². The van der Waals surface area contributed by atoms with Gasteiger partial charge in [0.25, 0.3) is 11.1 Å². The van der Waals surface area contributed by atoms with Crippen molar-refractivity contribution in [1.82, 2.24) is 5.32 Å². The van der Waals surface area contributed by atoms with Gasteiger partial charge in [-0.05, 0) is 35.0 Å². The van der Waals surface area contributed by atoms with Gasteiger partial charge < -0.3 is 5.11 Å². The fourth-order valence-electron chi connectivity index (χ4n) is 1.35. The second-order valence-electron chi connectivity index (χ2n) is 3.26. The standard InChI is InChI=1S/C11H9NO3S/c13-6-8-3-1-2-7(4-8)5-9-10(14)12-11(15)16-9/h1-5,13H,6H2,(H,12,14,15)/b9-5-. The zero-order valence-electron chi connectivity index (χ0n) is 8.27. The van der Waals surface area contributed by atoms with E-state index in [2.05, 4.69) is 5.32 Å². The highest BCUT2D eigenvalue weighted by atomic mass is 32.2. The van der Waals surface area contributed by atoms with Gasteiger partial charge in [-0.2, -0.15) is 0 Å². The Labute approximate surface area is 96.4 Å². The lowest BCUT2D eigenvalue weighted by Gasteiger charge is -1.98. The summed E-state index contributed by atoms with van der Waals surface area (Å²) in [4.78, 5) is 22.6. The minimum Gasteiger partial charge on any atom is -0.392 e. The second-order valence-corrected chi connectivity index (χ2v) is 4.27. The first kappa shape index (κ1) is 10.9. The molecule has 1 aromatic carbocycles. The average Bonchev–Trinajstić information content (AvgIpc) is 2.58. The Morgan fingerprint density at radius 2 is 2.19 bits per heavy atom. The molecular formula is C11H9NO3S. The SMILES string of the molecule is O=C1NC(=O)/C(=C/c2cccc(CO)c2)S1. The largest absolute Gasteiger partial charge is 0.392 e. The molecule has 2 N–H and O–H groups in total. The number of thioether (sulfide) groups is 1. The van der Waals surface area contributed by atoms with E-state index in [4.69, 9.17) is 5.11 Å². The van der Waals surface area contributed by atoms with Crippen LogP contribution < -0.4 is 5.32 Å².